The van der Waals surface area contributed by atoms with Gasteiger partial charge in [0, 0.05) is 12.3 Å². The van der Waals surface area contributed by atoms with Gasteiger partial charge in [0.25, 0.3) is 11.4 Å². The van der Waals surface area contributed by atoms with Crippen molar-refractivity contribution in [1.82, 2.24) is 14.6 Å². The van der Waals surface area contributed by atoms with E-state index < -0.39 is 67.5 Å². The fraction of sp³-hybridized carbons (Fsp3) is 0.417. The molecule has 1 aliphatic heterocycles. The van der Waals surface area contributed by atoms with E-state index in [2.05, 4.69) is 17.4 Å². The number of halogens is 1. The lowest BCUT2D eigenvalue weighted by atomic mass is 9.93. The van der Waals surface area contributed by atoms with Gasteiger partial charge >= 0.3 is 19.4 Å². The third-order valence-corrected chi connectivity index (χ3v) is 7.07. The maximum absolute atomic E-state index is 16.1. The van der Waals surface area contributed by atoms with E-state index in [1.165, 1.54) is 19.1 Å². The molecule has 1 aliphatic rings. The lowest BCUT2D eigenvalue weighted by Crippen LogP contribution is -2.51. The summed E-state index contributed by atoms with van der Waals surface area (Å²) < 4.78 is 51.4. The number of carbonyl (C=O) groups is 1. The Kier molecular flexibility index (Phi) is 9.14. The molecule has 0 saturated carbocycles. The summed E-state index contributed by atoms with van der Waals surface area (Å²) in [5.74, 6) is -4.08. The van der Waals surface area contributed by atoms with E-state index in [-0.39, 0.29) is 5.75 Å². The summed E-state index contributed by atoms with van der Waals surface area (Å²) in [5.41, 5.74) is -2.30. The van der Waals surface area contributed by atoms with Crippen molar-refractivity contribution >= 4 is 13.7 Å². The van der Waals surface area contributed by atoms with E-state index in [4.69, 9.17) is 18.5 Å². The van der Waals surface area contributed by atoms with Crippen LogP contribution in [-0.4, -0.2) is 62.0 Å². The number of para-hydroxylation sites is 1. The number of aliphatic hydroxyl groups is 2. The summed E-state index contributed by atoms with van der Waals surface area (Å²) in [6, 6.07) is 7.28. The average Bonchev–Trinajstić information content (AvgIpc) is 3.05. The van der Waals surface area contributed by atoms with Gasteiger partial charge < -0.3 is 24.2 Å². The number of H-pyrrole nitrogens is 1. The molecule has 4 N–H and O–H groups in total. The minimum Gasteiger partial charge on any atom is -0.462 e. The number of aliphatic hydroxyl groups excluding tert-OH is 1. The number of nitrogens with one attached hydrogen (secondary N) is 2. The maximum Gasteiger partial charge on any atom is 0.459 e. The van der Waals surface area contributed by atoms with Gasteiger partial charge in [-0.1, -0.05) is 24.8 Å². The van der Waals surface area contributed by atoms with Gasteiger partial charge in [-0.25, -0.2) is 13.8 Å². The van der Waals surface area contributed by atoms with Crippen LogP contribution in [0.1, 0.15) is 27.0 Å². The van der Waals surface area contributed by atoms with Crippen LogP contribution in [0.2, 0.25) is 0 Å². The lowest BCUT2D eigenvalue weighted by Gasteiger charge is -2.29. The summed E-state index contributed by atoms with van der Waals surface area (Å²) in [5, 5.41) is 24.3. The van der Waals surface area contributed by atoms with Gasteiger partial charge in [0.2, 0.25) is 0 Å². The van der Waals surface area contributed by atoms with Crippen molar-refractivity contribution in [1.29, 1.82) is 0 Å². The molecule has 15 heteroatoms. The highest BCUT2D eigenvalue weighted by Crippen LogP contribution is 2.50. The molecule has 2 heterocycles. The Morgan fingerprint density at radius 1 is 1.33 bits per heavy atom. The third-order valence-electron chi connectivity index (χ3n) is 5.44. The van der Waals surface area contributed by atoms with Crippen molar-refractivity contribution in [2.75, 3.05) is 6.61 Å². The van der Waals surface area contributed by atoms with E-state index in [1.807, 2.05) is 4.98 Å². The molecule has 212 valence electrons. The number of esters is 1. The Bertz CT molecular complexity index is 1390. The quantitative estimate of drug-likeness (QED) is 0.174. The second kappa shape index (κ2) is 11.8. The number of rotatable bonds is 11. The van der Waals surface area contributed by atoms with Gasteiger partial charge in [-0.05, 0) is 39.0 Å². The second-order valence-corrected chi connectivity index (χ2v) is 10.6. The number of aromatic amines is 1. The van der Waals surface area contributed by atoms with Crippen LogP contribution in [0.5, 0.6) is 5.75 Å². The van der Waals surface area contributed by atoms with E-state index in [0.717, 1.165) is 18.3 Å². The van der Waals surface area contributed by atoms with Crippen LogP contribution in [0.15, 0.2) is 70.6 Å². The Morgan fingerprint density at radius 3 is 2.59 bits per heavy atom. The number of hydrogen-bond donors (Lipinski definition) is 4. The van der Waals surface area contributed by atoms with Gasteiger partial charge in [-0.2, -0.15) is 5.09 Å². The van der Waals surface area contributed by atoms with Crippen LogP contribution in [0.4, 0.5) is 4.39 Å². The smallest absolute Gasteiger partial charge is 0.459 e. The van der Waals surface area contributed by atoms with Crippen LogP contribution in [0.3, 0.4) is 0 Å². The van der Waals surface area contributed by atoms with E-state index in [1.54, 1.807) is 32.0 Å². The highest BCUT2D eigenvalue weighted by molar-refractivity contribution is 7.52. The molecule has 0 amide bonds. The summed E-state index contributed by atoms with van der Waals surface area (Å²) >= 11 is 0. The number of benzene rings is 1. The van der Waals surface area contributed by atoms with Crippen molar-refractivity contribution < 1.29 is 42.5 Å². The number of hydrogen-bond acceptors (Lipinski definition) is 10. The molecule has 0 spiro atoms. The molecule has 1 saturated heterocycles. The topological polar surface area (TPSA) is 178 Å². The fourth-order valence-electron chi connectivity index (χ4n) is 3.65. The van der Waals surface area contributed by atoms with Gasteiger partial charge in [0.1, 0.15) is 18.4 Å². The van der Waals surface area contributed by atoms with E-state index in [0.29, 0.717) is 4.57 Å². The fourth-order valence-corrected chi connectivity index (χ4v) is 5.16. The SMILES string of the molecule is C=C=C[C@@]1(O)C(O)[C@@](F)(CO[P@@](=O)(N[C@@H](C)C(=O)OC(C)C)Oc2ccccc2)O[C@H]1n1ccc(=O)[nH]c1=O. The first kappa shape index (κ1) is 30.2. The normalized spacial score (nSPS) is 26.8. The predicted octanol–water partition coefficient (Wildman–Crippen LogP) is 1.30. The molecule has 0 aliphatic carbocycles. The molecule has 6 atom stereocenters. The number of aromatic nitrogens is 2. The standard InChI is InChI=1S/C24H29FN3O10P/c1-5-12-23(33)20(31)24(25,37-21(23)28-13-11-18(29)26-22(28)32)14-35-39(34,38-17-9-7-6-8-10-17)27-16(4)19(30)36-15(2)3/h6-13,15-16,20-21,31,33H,1,14H2,2-4H3,(H,27,34)(H,26,29,32)/t16-,20?,21+,23+,24+,39-/m0/s1. The molecule has 0 bridgehead atoms. The number of ether oxygens (including phenoxy) is 2. The zero-order valence-corrected chi connectivity index (χ0v) is 22.2. The number of carbonyl (C=O) groups excluding carboxylic acids is 1. The van der Waals surface area contributed by atoms with Crippen molar-refractivity contribution in [3.05, 3.63) is 81.8 Å². The number of nitrogens with zero attached hydrogens (tertiary/aromatic N) is 1. The van der Waals surface area contributed by atoms with Crippen LogP contribution in [0.25, 0.3) is 0 Å². The first-order chi connectivity index (χ1) is 18.2. The molecule has 1 fully saturated rings. The largest absolute Gasteiger partial charge is 0.462 e. The summed E-state index contributed by atoms with van der Waals surface area (Å²) in [4.78, 5) is 38.0. The van der Waals surface area contributed by atoms with Crippen LogP contribution in [0, 0.1) is 0 Å². The second-order valence-electron chi connectivity index (χ2n) is 8.92. The van der Waals surface area contributed by atoms with Gasteiger partial charge in [-0.15, -0.1) is 5.73 Å². The Balaban J connectivity index is 1.93. The van der Waals surface area contributed by atoms with Gasteiger partial charge in [0.05, 0.1) is 6.10 Å². The highest BCUT2D eigenvalue weighted by Gasteiger charge is 2.65. The van der Waals surface area contributed by atoms with Crippen LogP contribution < -0.4 is 20.9 Å². The predicted molar refractivity (Wildman–Crippen MR) is 134 cm³/mol. The molecule has 1 aromatic heterocycles. The summed E-state index contributed by atoms with van der Waals surface area (Å²) in [7, 11) is -4.60. The van der Waals surface area contributed by atoms with Crippen molar-refractivity contribution in [3.63, 3.8) is 0 Å². The highest BCUT2D eigenvalue weighted by atomic mass is 31.2. The minimum absolute atomic E-state index is 0.0299. The molecule has 0 radical (unpaired) electrons. The van der Waals surface area contributed by atoms with Crippen LogP contribution >= 0.6 is 7.75 Å². The molecule has 1 aromatic carbocycles. The molecule has 39 heavy (non-hydrogen) atoms. The van der Waals surface area contributed by atoms with E-state index in [9.17, 15) is 29.2 Å². The Morgan fingerprint density at radius 2 is 2.00 bits per heavy atom. The van der Waals surface area contributed by atoms with Gasteiger partial charge in [-0.3, -0.25) is 23.7 Å². The van der Waals surface area contributed by atoms with Crippen molar-refractivity contribution in [2.24, 2.45) is 0 Å². The molecular weight excluding hydrogens is 540 g/mol. The van der Waals surface area contributed by atoms with Crippen molar-refractivity contribution in [2.45, 2.75) is 56.7 Å². The van der Waals surface area contributed by atoms with Gasteiger partial charge in [0.15, 0.2) is 17.9 Å². The number of alkyl halides is 1. The molecule has 13 nitrogen and oxygen atoms in total. The van der Waals surface area contributed by atoms with E-state index >= 15 is 4.39 Å². The van der Waals surface area contributed by atoms with Crippen molar-refractivity contribution in [3.8, 4) is 5.75 Å². The molecule has 2 aromatic rings. The monoisotopic (exact) mass is 569 g/mol. The Labute approximate surface area is 222 Å². The average molecular weight is 569 g/mol. The minimum atomic E-state index is -4.60. The Hall–Kier alpha value is -3.35. The summed E-state index contributed by atoms with van der Waals surface area (Å²) in [6.45, 7) is 6.50. The lowest BCUT2D eigenvalue weighted by molar-refractivity contribution is -0.204. The summed E-state index contributed by atoms with van der Waals surface area (Å²) in [6.07, 6.45) is -3.19. The molecular formula is C24H29FN3O10P. The molecule has 1 unspecified atom stereocenters. The third kappa shape index (κ3) is 6.81. The first-order valence-corrected chi connectivity index (χ1v) is 13.2. The van der Waals surface area contributed by atoms with Crippen LogP contribution in [-0.2, 0) is 23.4 Å². The first-order valence-electron chi connectivity index (χ1n) is 11.7. The molecule has 3 rings (SSSR count). The zero-order valence-electron chi connectivity index (χ0n) is 21.3. The zero-order chi connectivity index (χ0) is 29.0. The maximum atomic E-state index is 16.1.